The lowest BCUT2D eigenvalue weighted by atomic mass is 9.99. The summed E-state index contributed by atoms with van der Waals surface area (Å²) in [6.07, 6.45) is -0.480. The number of hydrogen-bond acceptors (Lipinski definition) is 2. The first-order valence-corrected chi connectivity index (χ1v) is 12.3. The molecule has 0 aromatic heterocycles. The predicted molar refractivity (Wildman–Crippen MR) is 133 cm³/mol. The van der Waals surface area contributed by atoms with Gasteiger partial charge in [-0.25, -0.2) is 0 Å². The summed E-state index contributed by atoms with van der Waals surface area (Å²) in [5, 5.41) is 3.67. The molecule has 5 aromatic rings. The predicted octanol–water partition coefficient (Wildman–Crippen LogP) is 6.87. The topological polar surface area (TPSA) is 26.3 Å². The molecule has 3 heteroatoms. The molecule has 0 aliphatic rings. The molecule has 0 radical (unpaired) electrons. The molecule has 0 amide bonds. The van der Waals surface area contributed by atoms with E-state index in [4.69, 9.17) is 4.52 Å². The van der Waals surface area contributed by atoms with Gasteiger partial charge in [0.25, 0.3) is 7.37 Å². The standard InChI is InChI=1S/C29H23O2P/c30-32(27-16-6-2-7-17-27,28-18-8-3-9-19-28)31-29(24-13-4-1-5-14-24)26-21-20-23-12-10-11-15-25(23)22-26/h1-22,29H. The summed E-state index contributed by atoms with van der Waals surface area (Å²) >= 11 is 0. The summed E-state index contributed by atoms with van der Waals surface area (Å²) in [5.41, 5.74) is 1.94. The van der Waals surface area contributed by atoms with E-state index in [2.05, 4.69) is 30.3 Å². The van der Waals surface area contributed by atoms with Gasteiger partial charge in [0.05, 0.1) is 0 Å². The molecular formula is C29H23O2P. The minimum absolute atomic E-state index is 0.480. The molecule has 0 saturated heterocycles. The highest BCUT2D eigenvalue weighted by molar-refractivity contribution is 7.74. The van der Waals surface area contributed by atoms with Crippen LogP contribution in [-0.2, 0) is 9.09 Å². The van der Waals surface area contributed by atoms with Crippen LogP contribution in [0.5, 0.6) is 0 Å². The molecule has 5 aromatic carbocycles. The number of fused-ring (bicyclic) bond motifs is 1. The van der Waals surface area contributed by atoms with Crippen LogP contribution in [0.4, 0.5) is 0 Å². The van der Waals surface area contributed by atoms with Crippen LogP contribution in [-0.4, -0.2) is 0 Å². The van der Waals surface area contributed by atoms with E-state index in [-0.39, 0.29) is 0 Å². The Balaban J connectivity index is 1.67. The summed E-state index contributed by atoms with van der Waals surface area (Å²) < 4.78 is 21.3. The Bertz CT molecular complexity index is 1320. The molecule has 5 rings (SSSR count). The first-order chi connectivity index (χ1) is 15.7. The van der Waals surface area contributed by atoms with Crippen molar-refractivity contribution in [1.29, 1.82) is 0 Å². The van der Waals surface area contributed by atoms with Crippen molar-refractivity contribution >= 4 is 28.8 Å². The molecule has 1 atom stereocenters. The van der Waals surface area contributed by atoms with Gasteiger partial charge in [-0.15, -0.1) is 0 Å². The van der Waals surface area contributed by atoms with Gasteiger partial charge in [0.15, 0.2) is 0 Å². The smallest absolute Gasteiger partial charge is 0.262 e. The molecule has 0 bridgehead atoms. The van der Waals surface area contributed by atoms with Crippen LogP contribution in [0.1, 0.15) is 17.2 Å². The minimum atomic E-state index is -3.37. The highest BCUT2D eigenvalue weighted by Crippen LogP contribution is 2.50. The first-order valence-electron chi connectivity index (χ1n) is 10.7. The summed E-state index contributed by atoms with van der Waals surface area (Å²) in [7, 11) is -3.37. The van der Waals surface area contributed by atoms with Crippen molar-refractivity contribution in [3.8, 4) is 0 Å². The molecular weight excluding hydrogens is 411 g/mol. The van der Waals surface area contributed by atoms with Crippen molar-refractivity contribution in [3.63, 3.8) is 0 Å². The maximum atomic E-state index is 14.6. The lowest BCUT2D eigenvalue weighted by Gasteiger charge is -2.27. The second kappa shape index (κ2) is 8.96. The van der Waals surface area contributed by atoms with Crippen LogP contribution < -0.4 is 10.6 Å². The zero-order chi connectivity index (χ0) is 21.8. The number of benzene rings is 5. The quantitative estimate of drug-likeness (QED) is 0.273. The zero-order valence-electron chi connectivity index (χ0n) is 17.5. The van der Waals surface area contributed by atoms with E-state index in [1.165, 1.54) is 0 Å². The van der Waals surface area contributed by atoms with Gasteiger partial charge in [0, 0.05) is 10.6 Å². The normalized spacial score (nSPS) is 12.5. The van der Waals surface area contributed by atoms with E-state index in [0.29, 0.717) is 10.6 Å². The molecule has 0 saturated carbocycles. The van der Waals surface area contributed by atoms with E-state index < -0.39 is 13.5 Å². The maximum absolute atomic E-state index is 14.6. The minimum Gasteiger partial charge on any atom is -0.309 e. The average Bonchev–Trinajstić information content (AvgIpc) is 2.88. The molecule has 0 aliphatic carbocycles. The van der Waals surface area contributed by atoms with Crippen molar-refractivity contribution in [1.82, 2.24) is 0 Å². The van der Waals surface area contributed by atoms with Crippen molar-refractivity contribution in [3.05, 3.63) is 145 Å². The number of hydrogen-bond donors (Lipinski definition) is 0. The maximum Gasteiger partial charge on any atom is 0.262 e. The Morgan fingerprint density at radius 1 is 0.500 bits per heavy atom. The van der Waals surface area contributed by atoms with E-state index in [1.807, 2.05) is 103 Å². The summed E-state index contributed by atoms with van der Waals surface area (Å²) in [6.45, 7) is 0. The van der Waals surface area contributed by atoms with Crippen LogP contribution in [0.25, 0.3) is 10.8 Å². The van der Waals surface area contributed by atoms with Gasteiger partial charge in [0.2, 0.25) is 0 Å². The van der Waals surface area contributed by atoms with Gasteiger partial charge in [0.1, 0.15) is 6.10 Å². The van der Waals surface area contributed by atoms with Crippen molar-refractivity contribution in [2.24, 2.45) is 0 Å². The molecule has 0 aliphatic heterocycles. The molecule has 32 heavy (non-hydrogen) atoms. The summed E-state index contributed by atoms with van der Waals surface area (Å²) in [4.78, 5) is 0. The Morgan fingerprint density at radius 2 is 1.00 bits per heavy atom. The second-order valence-corrected chi connectivity index (χ2v) is 10.1. The van der Waals surface area contributed by atoms with Gasteiger partial charge in [-0.05, 0) is 52.2 Å². The fourth-order valence-electron chi connectivity index (χ4n) is 3.98. The number of rotatable bonds is 6. The van der Waals surface area contributed by atoms with Crippen molar-refractivity contribution in [2.75, 3.05) is 0 Å². The first kappa shape index (κ1) is 20.5. The van der Waals surface area contributed by atoms with Gasteiger partial charge >= 0.3 is 0 Å². The molecule has 0 fully saturated rings. The zero-order valence-corrected chi connectivity index (χ0v) is 18.4. The van der Waals surface area contributed by atoms with E-state index in [0.717, 1.165) is 21.9 Å². The highest BCUT2D eigenvalue weighted by Gasteiger charge is 2.33. The Hall–Kier alpha value is -3.45. The third kappa shape index (κ3) is 4.03. The Kier molecular flexibility index (Phi) is 5.73. The van der Waals surface area contributed by atoms with Gasteiger partial charge in [-0.2, -0.15) is 0 Å². The molecule has 156 valence electrons. The molecule has 0 spiro atoms. The Morgan fingerprint density at radius 3 is 1.59 bits per heavy atom. The van der Waals surface area contributed by atoms with Gasteiger partial charge in [-0.3, -0.25) is 4.57 Å². The molecule has 0 heterocycles. The van der Waals surface area contributed by atoms with Crippen LogP contribution in [0, 0.1) is 0 Å². The van der Waals surface area contributed by atoms with Crippen LogP contribution in [0.15, 0.2) is 133 Å². The summed E-state index contributed by atoms with van der Waals surface area (Å²) in [6, 6.07) is 43.6. The lowest BCUT2D eigenvalue weighted by molar-refractivity contribution is 0.259. The monoisotopic (exact) mass is 434 g/mol. The SMILES string of the molecule is O=P(OC(c1ccccc1)c1ccc2ccccc2c1)(c1ccccc1)c1ccccc1. The Labute approximate surface area is 188 Å². The third-order valence-corrected chi connectivity index (χ3v) is 8.09. The highest BCUT2D eigenvalue weighted by atomic mass is 31.2. The van der Waals surface area contributed by atoms with E-state index >= 15 is 0 Å². The largest absolute Gasteiger partial charge is 0.309 e. The van der Waals surface area contributed by atoms with Crippen LogP contribution >= 0.6 is 7.37 Å². The average molecular weight is 434 g/mol. The fourth-order valence-corrected chi connectivity index (χ4v) is 6.19. The van der Waals surface area contributed by atoms with Gasteiger partial charge < -0.3 is 4.52 Å². The van der Waals surface area contributed by atoms with E-state index in [9.17, 15) is 4.57 Å². The molecule has 2 nitrogen and oxygen atoms in total. The van der Waals surface area contributed by atoms with E-state index in [1.54, 1.807) is 0 Å². The molecule has 0 N–H and O–H groups in total. The van der Waals surface area contributed by atoms with Crippen LogP contribution in [0.2, 0.25) is 0 Å². The van der Waals surface area contributed by atoms with Gasteiger partial charge in [-0.1, -0.05) is 103 Å². The summed E-state index contributed by atoms with van der Waals surface area (Å²) in [5.74, 6) is 0. The van der Waals surface area contributed by atoms with Crippen molar-refractivity contribution in [2.45, 2.75) is 6.10 Å². The second-order valence-electron chi connectivity index (χ2n) is 7.73. The lowest BCUT2D eigenvalue weighted by Crippen LogP contribution is -2.20. The van der Waals surface area contributed by atoms with Crippen LogP contribution in [0.3, 0.4) is 0 Å². The fraction of sp³-hybridized carbons (Fsp3) is 0.0345. The van der Waals surface area contributed by atoms with Crippen molar-refractivity contribution < 1.29 is 9.09 Å². The third-order valence-electron chi connectivity index (χ3n) is 5.62. The molecule has 1 unspecified atom stereocenters.